The van der Waals surface area contributed by atoms with Crippen LogP contribution in [0.15, 0.2) is 24.3 Å². The van der Waals surface area contributed by atoms with Gasteiger partial charge in [0.25, 0.3) is 0 Å². The molecule has 0 heterocycles. The zero-order valence-corrected chi connectivity index (χ0v) is 12.0. The highest BCUT2D eigenvalue weighted by atomic mass is 35.5. The molecule has 1 amide bonds. The Bertz CT molecular complexity index is 384. The third-order valence-electron chi connectivity index (χ3n) is 2.60. The SMILES string of the molecule is COCc1ccccc1NC(=O)CC(CN)OC.Cl. The van der Waals surface area contributed by atoms with Gasteiger partial charge in [0.1, 0.15) is 0 Å². The second-order valence-electron chi connectivity index (χ2n) is 3.94. The molecule has 1 aromatic carbocycles. The fourth-order valence-corrected chi connectivity index (χ4v) is 1.59. The smallest absolute Gasteiger partial charge is 0.227 e. The van der Waals surface area contributed by atoms with E-state index in [1.807, 2.05) is 24.3 Å². The predicted octanol–water partition coefficient (Wildman–Crippen LogP) is 1.56. The summed E-state index contributed by atoms with van der Waals surface area (Å²) in [5.74, 6) is -0.115. The number of nitrogens with two attached hydrogens (primary N) is 1. The zero-order valence-electron chi connectivity index (χ0n) is 11.2. The Morgan fingerprint density at radius 2 is 2.05 bits per heavy atom. The van der Waals surface area contributed by atoms with Crippen LogP contribution in [0.5, 0.6) is 0 Å². The monoisotopic (exact) mass is 288 g/mol. The summed E-state index contributed by atoms with van der Waals surface area (Å²) in [7, 11) is 3.16. The van der Waals surface area contributed by atoms with Gasteiger partial charge in [0.2, 0.25) is 5.91 Å². The van der Waals surface area contributed by atoms with Gasteiger partial charge >= 0.3 is 0 Å². The molecule has 19 heavy (non-hydrogen) atoms. The highest BCUT2D eigenvalue weighted by Crippen LogP contribution is 2.16. The highest BCUT2D eigenvalue weighted by molar-refractivity contribution is 5.91. The van der Waals surface area contributed by atoms with Crippen LogP contribution in [0.2, 0.25) is 0 Å². The first-order valence-electron chi connectivity index (χ1n) is 5.80. The van der Waals surface area contributed by atoms with E-state index in [0.29, 0.717) is 13.2 Å². The lowest BCUT2D eigenvalue weighted by Crippen LogP contribution is -2.28. The maximum absolute atomic E-state index is 11.8. The summed E-state index contributed by atoms with van der Waals surface area (Å²) < 4.78 is 10.2. The third-order valence-corrected chi connectivity index (χ3v) is 2.60. The molecule has 0 fully saturated rings. The number of benzene rings is 1. The molecule has 0 aromatic heterocycles. The Hall–Kier alpha value is -1.14. The fraction of sp³-hybridized carbons (Fsp3) is 0.462. The van der Waals surface area contributed by atoms with E-state index in [4.69, 9.17) is 15.2 Å². The van der Waals surface area contributed by atoms with Crippen LogP contribution in [-0.2, 0) is 20.9 Å². The van der Waals surface area contributed by atoms with Crippen molar-refractivity contribution < 1.29 is 14.3 Å². The van der Waals surface area contributed by atoms with E-state index in [2.05, 4.69) is 5.32 Å². The van der Waals surface area contributed by atoms with E-state index < -0.39 is 0 Å². The number of anilines is 1. The first-order chi connectivity index (χ1) is 8.71. The summed E-state index contributed by atoms with van der Waals surface area (Å²) in [4.78, 5) is 11.8. The maximum atomic E-state index is 11.8. The summed E-state index contributed by atoms with van der Waals surface area (Å²) in [5.41, 5.74) is 7.18. The Balaban J connectivity index is 0.00000324. The van der Waals surface area contributed by atoms with Crippen LogP contribution in [0.3, 0.4) is 0 Å². The molecular formula is C13H21ClN2O3. The number of amides is 1. The molecule has 1 aromatic rings. The molecule has 1 rings (SSSR count). The second-order valence-corrected chi connectivity index (χ2v) is 3.94. The summed E-state index contributed by atoms with van der Waals surface area (Å²) in [6.07, 6.45) is -0.00602. The largest absolute Gasteiger partial charge is 0.380 e. The summed E-state index contributed by atoms with van der Waals surface area (Å²) >= 11 is 0. The van der Waals surface area contributed by atoms with Crippen molar-refractivity contribution in [3.05, 3.63) is 29.8 Å². The van der Waals surface area contributed by atoms with Crippen molar-refractivity contribution in [2.24, 2.45) is 5.73 Å². The minimum atomic E-state index is -0.250. The van der Waals surface area contributed by atoms with Crippen LogP contribution in [0.4, 0.5) is 5.69 Å². The first-order valence-corrected chi connectivity index (χ1v) is 5.80. The summed E-state index contributed by atoms with van der Waals surface area (Å²) in [6.45, 7) is 0.782. The molecule has 0 aliphatic heterocycles. The van der Waals surface area contributed by atoms with Crippen molar-refractivity contribution >= 4 is 24.0 Å². The normalized spacial score (nSPS) is 11.5. The lowest BCUT2D eigenvalue weighted by molar-refractivity contribution is -0.118. The van der Waals surface area contributed by atoms with Crippen molar-refractivity contribution in [3.63, 3.8) is 0 Å². The van der Waals surface area contributed by atoms with Gasteiger partial charge in [0, 0.05) is 32.0 Å². The number of ether oxygens (including phenoxy) is 2. The van der Waals surface area contributed by atoms with Gasteiger partial charge in [-0.15, -0.1) is 12.4 Å². The lowest BCUT2D eigenvalue weighted by Gasteiger charge is -2.14. The number of hydrogen-bond acceptors (Lipinski definition) is 4. The van der Waals surface area contributed by atoms with Gasteiger partial charge in [-0.05, 0) is 6.07 Å². The number of carbonyl (C=O) groups is 1. The van der Waals surface area contributed by atoms with Gasteiger partial charge in [-0.25, -0.2) is 0 Å². The van der Waals surface area contributed by atoms with Crippen molar-refractivity contribution in [1.29, 1.82) is 0 Å². The van der Waals surface area contributed by atoms with E-state index in [-0.39, 0.29) is 30.8 Å². The minimum absolute atomic E-state index is 0. The fourth-order valence-electron chi connectivity index (χ4n) is 1.59. The standard InChI is InChI=1S/C13H20N2O3.ClH/c1-17-9-10-5-3-4-6-12(10)15-13(16)7-11(8-14)18-2;/h3-6,11H,7-9,14H2,1-2H3,(H,15,16);1H. The number of para-hydroxylation sites is 1. The number of nitrogens with one attached hydrogen (secondary N) is 1. The van der Waals surface area contributed by atoms with Gasteiger partial charge in [-0.1, -0.05) is 18.2 Å². The quantitative estimate of drug-likeness (QED) is 0.798. The topological polar surface area (TPSA) is 73.6 Å². The van der Waals surface area contributed by atoms with E-state index >= 15 is 0 Å². The molecule has 6 heteroatoms. The number of rotatable bonds is 7. The lowest BCUT2D eigenvalue weighted by atomic mass is 10.1. The third kappa shape index (κ3) is 6.02. The van der Waals surface area contributed by atoms with Crippen LogP contribution in [0.25, 0.3) is 0 Å². The van der Waals surface area contributed by atoms with Crippen LogP contribution < -0.4 is 11.1 Å². The Labute approximate surface area is 119 Å². The number of hydrogen-bond donors (Lipinski definition) is 2. The molecule has 0 bridgehead atoms. The molecule has 1 unspecified atom stereocenters. The number of halogens is 1. The van der Waals surface area contributed by atoms with Crippen LogP contribution in [-0.4, -0.2) is 32.8 Å². The minimum Gasteiger partial charge on any atom is -0.380 e. The van der Waals surface area contributed by atoms with Gasteiger partial charge < -0.3 is 20.5 Å². The molecule has 5 nitrogen and oxygen atoms in total. The summed E-state index contributed by atoms with van der Waals surface area (Å²) in [5, 5.41) is 2.84. The van der Waals surface area contributed by atoms with E-state index in [9.17, 15) is 4.79 Å². The van der Waals surface area contributed by atoms with Crippen LogP contribution in [0.1, 0.15) is 12.0 Å². The van der Waals surface area contributed by atoms with Crippen LogP contribution >= 0.6 is 12.4 Å². The number of carbonyl (C=O) groups excluding carboxylic acids is 1. The molecule has 108 valence electrons. The summed E-state index contributed by atoms with van der Waals surface area (Å²) in [6, 6.07) is 7.53. The zero-order chi connectivity index (χ0) is 13.4. The van der Waals surface area contributed by atoms with Crippen molar-refractivity contribution in [1.82, 2.24) is 0 Å². The molecular weight excluding hydrogens is 268 g/mol. The molecule has 0 saturated carbocycles. The first kappa shape index (κ1) is 17.9. The Morgan fingerprint density at radius 1 is 1.37 bits per heavy atom. The number of methoxy groups -OCH3 is 2. The van der Waals surface area contributed by atoms with Gasteiger partial charge in [0.05, 0.1) is 19.1 Å². The molecule has 0 radical (unpaired) electrons. The molecule has 3 N–H and O–H groups in total. The molecule has 0 aliphatic carbocycles. The van der Waals surface area contributed by atoms with Gasteiger partial charge in [-0.2, -0.15) is 0 Å². The average molecular weight is 289 g/mol. The van der Waals surface area contributed by atoms with Crippen molar-refractivity contribution in [2.75, 3.05) is 26.1 Å². The second kappa shape index (κ2) is 9.75. The van der Waals surface area contributed by atoms with E-state index in [0.717, 1.165) is 11.3 Å². The van der Waals surface area contributed by atoms with E-state index in [1.165, 1.54) is 0 Å². The maximum Gasteiger partial charge on any atom is 0.227 e. The Kier molecular flexibility index (Phi) is 9.16. The molecule has 1 atom stereocenters. The van der Waals surface area contributed by atoms with E-state index in [1.54, 1.807) is 14.2 Å². The van der Waals surface area contributed by atoms with Crippen molar-refractivity contribution in [2.45, 2.75) is 19.1 Å². The van der Waals surface area contributed by atoms with Crippen molar-refractivity contribution in [3.8, 4) is 0 Å². The highest BCUT2D eigenvalue weighted by Gasteiger charge is 2.12. The molecule has 0 saturated heterocycles. The van der Waals surface area contributed by atoms with Gasteiger partial charge in [0.15, 0.2) is 0 Å². The predicted molar refractivity (Wildman–Crippen MR) is 77.5 cm³/mol. The molecule has 0 aliphatic rings. The Morgan fingerprint density at radius 3 is 2.63 bits per heavy atom. The molecule has 0 spiro atoms. The van der Waals surface area contributed by atoms with Crippen LogP contribution in [0, 0.1) is 0 Å². The van der Waals surface area contributed by atoms with Gasteiger partial charge in [-0.3, -0.25) is 4.79 Å². The average Bonchev–Trinajstić information content (AvgIpc) is 2.38.